The molecule has 0 aliphatic carbocycles. The number of benzene rings is 1. The Balaban J connectivity index is 1.50. The standard InChI is InChI=1S/C19H16FN3O3S/c20-13-5-3-12(4-6-13)15-7-8-16(26-15)18(25)23-10-1-2-14(23)17(24)22-19-21-9-11-27-19/h3-9,11,14H,1-2,10H2,(H,21,22,24). The third kappa shape index (κ3) is 3.61. The second-order valence-corrected chi connectivity index (χ2v) is 7.05. The van der Waals surface area contributed by atoms with Crippen molar-refractivity contribution in [2.45, 2.75) is 18.9 Å². The Bertz CT molecular complexity index is 953. The molecule has 27 heavy (non-hydrogen) atoms. The van der Waals surface area contributed by atoms with Crippen LogP contribution in [0.3, 0.4) is 0 Å². The average molecular weight is 385 g/mol. The summed E-state index contributed by atoms with van der Waals surface area (Å²) >= 11 is 1.33. The van der Waals surface area contributed by atoms with Crippen molar-refractivity contribution in [3.8, 4) is 11.3 Å². The van der Waals surface area contributed by atoms with Gasteiger partial charge in [-0.3, -0.25) is 9.59 Å². The van der Waals surface area contributed by atoms with Gasteiger partial charge in [0.05, 0.1) is 0 Å². The van der Waals surface area contributed by atoms with Crippen LogP contribution in [-0.2, 0) is 4.79 Å². The van der Waals surface area contributed by atoms with Crippen molar-refractivity contribution in [3.05, 3.63) is 59.6 Å². The van der Waals surface area contributed by atoms with Crippen LogP contribution in [0.1, 0.15) is 23.4 Å². The summed E-state index contributed by atoms with van der Waals surface area (Å²) in [6.07, 6.45) is 2.94. The van der Waals surface area contributed by atoms with E-state index in [1.807, 2.05) is 0 Å². The topological polar surface area (TPSA) is 75.4 Å². The van der Waals surface area contributed by atoms with E-state index in [1.165, 1.54) is 28.4 Å². The Hall–Kier alpha value is -3.00. The van der Waals surface area contributed by atoms with Crippen molar-refractivity contribution < 1.29 is 18.4 Å². The van der Waals surface area contributed by atoms with E-state index in [-0.39, 0.29) is 23.4 Å². The van der Waals surface area contributed by atoms with E-state index < -0.39 is 6.04 Å². The zero-order valence-corrected chi connectivity index (χ0v) is 15.0. The van der Waals surface area contributed by atoms with Gasteiger partial charge in [0.15, 0.2) is 10.9 Å². The molecule has 1 saturated heterocycles. The minimum absolute atomic E-state index is 0.156. The molecule has 1 N–H and O–H groups in total. The second kappa shape index (κ2) is 7.32. The Kier molecular flexibility index (Phi) is 4.72. The molecule has 1 aromatic carbocycles. The van der Waals surface area contributed by atoms with Gasteiger partial charge in [0.1, 0.15) is 17.6 Å². The highest BCUT2D eigenvalue weighted by Gasteiger charge is 2.36. The number of nitrogens with one attached hydrogen (secondary N) is 1. The fourth-order valence-electron chi connectivity index (χ4n) is 3.12. The maximum absolute atomic E-state index is 13.1. The molecule has 2 aromatic heterocycles. The number of anilines is 1. The van der Waals surface area contributed by atoms with Crippen LogP contribution < -0.4 is 5.32 Å². The lowest BCUT2D eigenvalue weighted by atomic mass is 10.2. The van der Waals surface area contributed by atoms with Gasteiger partial charge in [0.2, 0.25) is 5.91 Å². The Morgan fingerprint density at radius 3 is 2.78 bits per heavy atom. The number of thiazole rings is 1. The van der Waals surface area contributed by atoms with Crippen LogP contribution in [0.15, 0.2) is 52.4 Å². The predicted molar refractivity (Wildman–Crippen MR) is 98.9 cm³/mol. The van der Waals surface area contributed by atoms with Crippen LogP contribution in [0, 0.1) is 5.82 Å². The summed E-state index contributed by atoms with van der Waals surface area (Å²) < 4.78 is 18.7. The minimum Gasteiger partial charge on any atom is -0.451 e. The van der Waals surface area contributed by atoms with Crippen molar-refractivity contribution in [2.24, 2.45) is 0 Å². The molecule has 0 spiro atoms. The number of carbonyl (C=O) groups excluding carboxylic acids is 2. The first-order valence-corrected chi connectivity index (χ1v) is 9.37. The number of hydrogen-bond acceptors (Lipinski definition) is 5. The smallest absolute Gasteiger partial charge is 0.290 e. The highest BCUT2D eigenvalue weighted by molar-refractivity contribution is 7.13. The highest BCUT2D eigenvalue weighted by Crippen LogP contribution is 2.26. The average Bonchev–Trinajstić information content (AvgIpc) is 3.42. The van der Waals surface area contributed by atoms with Gasteiger partial charge in [-0.2, -0.15) is 0 Å². The number of rotatable bonds is 4. The van der Waals surface area contributed by atoms with Crippen molar-refractivity contribution >= 4 is 28.3 Å². The maximum atomic E-state index is 13.1. The largest absolute Gasteiger partial charge is 0.451 e. The number of halogens is 1. The van der Waals surface area contributed by atoms with E-state index in [0.29, 0.717) is 29.4 Å². The summed E-state index contributed by atoms with van der Waals surface area (Å²) in [6.45, 7) is 0.487. The molecule has 1 fully saturated rings. The molecule has 2 amide bonds. The van der Waals surface area contributed by atoms with E-state index in [9.17, 15) is 14.0 Å². The van der Waals surface area contributed by atoms with Crippen molar-refractivity contribution in [1.29, 1.82) is 0 Å². The van der Waals surface area contributed by atoms with Gasteiger partial charge in [-0.25, -0.2) is 9.37 Å². The monoisotopic (exact) mass is 385 g/mol. The van der Waals surface area contributed by atoms with E-state index >= 15 is 0 Å². The van der Waals surface area contributed by atoms with Crippen molar-refractivity contribution in [1.82, 2.24) is 9.88 Å². The van der Waals surface area contributed by atoms with Crippen molar-refractivity contribution in [2.75, 3.05) is 11.9 Å². The van der Waals surface area contributed by atoms with Gasteiger partial charge < -0.3 is 14.6 Å². The van der Waals surface area contributed by atoms with Gasteiger partial charge in [0.25, 0.3) is 5.91 Å². The molecule has 6 nitrogen and oxygen atoms in total. The zero-order chi connectivity index (χ0) is 18.8. The number of carbonyl (C=O) groups is 2. The number of amides is 2. The van der Waals surface area contributed by atoms with Gasteiger partial charge >= 0.3 is 0 Å². The molecule has 1 aliphatic heterocycles. The maximum Gasteiger partial charge on any atom is 0.290 e. The first kappa shape index (κ1) is 17.4. The molecule has 0 radical (unpaired) electrons. The van der Waals surface area contributed by atoms with Crippen LogP contribution in [-0.4, -0.2) is 34.3 Å². The second-order valence-electron chi connectivity index (χ2n) is 6.15. The molecule has 3 heterocycles. The molecule has 8 heteroatoms. The predicted octanol–water partition coefficient (Wildman–Crippen LogP) is 3.79. The summed E-state index contributed by atoms with van der Waals surface area (Å²) in [4.78, 5) is 30.9. The first-order valence-electron chi connectivity index (χ1n) is 8.49. The lowest BCUT2D eigenvalue weighted by Gasteiger charge is -2.22. The number of furan rings is 1. The lowest BCUT2D eigenvalue weighted by molar-refractivity contribution is -0.119. The first-order chi connectivity index (χ1) is 13.1. The summed E-state index contributed by atoms with van der Waals surface area (Å²) in [5, 5.41) is 5.03. The van der Waals surface area contributed by atoms with Crippen LogP contribution in [0.5, 0.6) is 0 Å². The summed E-state index contributed by atoms with van der Waals surface area (Å²) in [5.41, 5.74) is 0.676. The fraction of sp³-hybridized carbons (Fsp3) is 0.211. The minimum atomic E-state index is -0.555. The Labute approximate surface area is 158 Å². The van der Waals surface area contributed by atoms with Crippen LogP contribution in [0.2, 0.25) is 0 Å². The van der Waals surface area contributed by atoms with Gasteiger partial charge in [-0.1, -0.05) is 0 Å². The van der Waals surface area contributed by atoms with E-state index in [0.717, 1.165) is 6.42 Å². The van der Waals surface area contributed by atoms with Gasteiger partial charge in [-0.05, 0) is 49.2 Å². The Morgan fingerprint density at radius 2 is 2.04 bits per heavy atom. The number of aromatic nitrogens is 1. The van der Waals surface area contributed by atoms with E-state index in [2.05, 4.69) is 10.3 Å². The van der Waals surface area contributed by atoms with Gasteiger partial charge in [0, 0.05) is 23.7 Å². The molecule has 4 rings (SSSR count). The molecule has 1 aliphatic rings. The fourth-order valence-corrected chi connectivity index (χ4v) is 3.65. The quantitative estimate of drug-likeness (QED) is 0.742. The van der Waals surface area contributed by atoms with Crippen molar-refractivity contribution in [3.63, 3.8) is 0 Å². The molecular weight excluding hydrogens is 369 g/mol. The molecular formula is C19H16FN3O3S. The summed E-state index contributed by atoms with van der Waals surface area (Å²) in [7, 11) is 0. The highest BCUT2D eigenvalue weighted by atomic mass is 32.1. The Morgan fingerprint density at radius 1 is 1.22 bits per heavy atom. The molecule has 1 atom stereocenters. The SMILES string of the molecule is O=C(Nc1nccs1)C1CCCN1C(=O)c1ccc(-c2ccc(F)cc2)o1. The molecule has 0 bridgehead atoms. The molecule has 138 valence electrons. The molecule has 3 aromatic rings. The molecule has 1 unspecified atom stereocenters. The third-order valence-corrected chi connectivity index (χ3v) is 5.11. The number of likely N-dealkylation sites (tertiary alicyclic amines) is 1. The summed E-state index contributed by atoms with van der Waals surface area (Å²) in [6, 6.07) is 8.53. The molecule has 0 saturated carbocycles. The number of hydrogen-bond donors (Lipinski definition) is 1. The summed E-state index contributed by atoms with van der Waals surface area (Å²) in [5.74, 6) is -0.293. The van der Waals surface area contributed by atoms with E-state index in [4.69, 9.17) is 4.42 Å². The normalized spacial score (nSPS) is 16.5. The third-order valence-electron chi connectivity index (χ3n) is 4.42. The van der Waals surface area contributed by atoms with E-state index in [1.54, 1.807) is 35.8 Å². The van der Waals surface area contributed by atoms with Crippen LogP contribution in [0.4, 0.5) is 9.52 Å². The lowest BCUT2D eigenvalue weighted by Crippen LogP contribution is -2.43. The van der Waals surface area contributed by atoms with Gasteiger partial charge in [-0.15, -0.1) is 11.3 Å². The van der Waals surface area contributed by atoms with Crippen LogP contribution in [0.25, 0.3) is 11.3 Å². The number of nitrogens with zero attached hydrogens (tertiary/aromatic N) is 2. The zero-order valence-electron chi connectivity index (χ0n) is 14.2. The van der Waals surface area contributed by atoms with Crippen LogP contribution >= 0.6 is 11.3 Å².